The van der Waals surface area contributed by atoms with Gasteiger partial charge in [-0.25, -0.2) is 28.8 Å². The molecule has 41 heavy (non-hydrogen) atoms. The van der Waals surface area contributed by atoms with Crippen molar-refractivity contribution < 1.29 is 9.13 Å². The van der Waals surface area contributed by atoms with Crippen LogP contribution in [0.4, 0.5) is 10.2 Å². The molecule has 0 bridgehead atoms. The number of thioether (sulfide) groups is 1. The zero-order valence-corrected chi connectivity index (χ0v) is 23.0. The molecule has 1 fully saturated rings. The van der Waals surface area contributed by atoms with E-state index in [4.69, 9.17) is 14.8 Å². The van der Waals surface area contributed by atoms with E-state index in [0.717, 1.165) is 16.5 Å². The Labute approximate surface area is 237 Å². The third-order valence-electron chi connectivity index (χ3n) is 7.54. The van der Waals surface area contributed by atoms with Crippen molar-refractivity contribution in [1.29, 1.82) is 0 Å². The number of aromatic amines is 1. The molecular weight excluding hydrogens is 545 g/mol. The minimum atomic E-state index is -0.727. The molecule has 6 heterocycles. The predicted molar refractivity (Wildman–Crippen MR) is 154 cm³/mol. The molecule has 1 N–H and O–H groups in total. The number of fused-ring (bicyclic) bond motifs is 2. The number of H-pyrrole nitrogens is 1. The van der Waals surface area contributed by atoms with Gasteiger partial charge >= 0.3 is 6.01 Å². The number of aromatic nitrogens is 8. The summed E-state index contributed by atoms with van der Waals surface area (Å²) in [7, 11) is 1.52. The smallest absolute Gasteiger partial charge is 0.316 e. The number of rotatable bonds is 7. The summed E-state index contributed by atoms with van der Waals surface area (Å²) < 4.78 is 22.8. The Morgan fingerprint density at radius 3 is 2.63 bits per heavy atom. The average molecular weight is 570 g/mol. The number of halogens is 1. The number of benzene rings is 1. The summed E-state index contributed by atoms with van der Waals surface area (Å²) in [5.74, 6) is 1.20. The van der Waals surface area contributed by atoms with Crippen LogP contribution in [0, 0.1) is 5.82 Å². The van der Waals surface area contributed by atoms with E-state index in [1.54, 1.807) is 24.2 Å². The molecule has 6 aromatic rings. The van der Waals surface area contributed by atoms with E-state index in [-0.39, 0.29) is 11.5 Å². The van der Waals surface area contributed by atoms with Gasteiger partial charge in [0.1, 0.15) is 23.3 Å². The molecule has 1 atom stereocenters. The summed E-state index contributed by atoms with van der Waals surface area (Å²) in [6.45, 7) is 0.666. The Bertz CT molecular complexity index is 1960. The molecule has 0 amide bonds. The lowest BCUT2D eigenvalue weighted by atomic mass is 9.84. The molecule has 1 aliphatic rings. The fourth-order valence-corrected chi connectivity index (χ4v) is 6.48. The van der Waals surface area contributed by atoms with E-state index in [2.05, 4.69) is 24.8 Å². The van der Waals surface area contributed by atoms with Crippen LogP contribution in [0.1, 0.15) is 12.2 Å². The Morgan fingerprint density at radius 2 is 1.93 bits per heavy atom. The van der Waals surface area contributed by atoms with Crippen molar-refractivity contribution in [3.8, 4) is 22.8 Å². The number of para-hydroxylation sites is 1. The summed E-state index contributed by atoms with van der Waals surface area (Å²) in [5.41, 5.74) is 1.58. The highest BCUT2D eigenvalue weighted by atomic mass is 32.2. The zero-order valence-electron chi connectivity index (χ0n) is 22.2. The SMILES string of the molecule is COc1ncc(-c2c[nH]c3ncnc(N4CCC4(CSC)c4nn5ccc(F)c5c(=O)n4-c4ccccc4)c23)cn1. The Hall–Kier alpha value is -4.78. The maximum Gasteiger partial charge on any atom is 0.316 e. The second kappa shape index (κ2) is 9.70. The summed E-state index contributed by atoms with van der Waals surface area (Å²) in [6, 6.07) is 10.8. The molecule has 0 radical (unpaired) electrons. The van der Waals surface area contributed by atoms with Crippen LogP contribution < -0.4 is 15.2 Å². The summed E-state index contributed by atoms with van der Waals surface area (Å²) >= 11 is 1.64. The van der Waals surface area contributed by atoms with E-state index in [1.807, 2.05) is 42.8 Å². The van der Waals surface area contributed by atoms with Crippen LogP contribution in [0.25, 0.3) is 33.4 Å². The molecule has 11 nitrogen and oxygen atoms in total. The third kappa shape index (κ3) is 3.79. The van der Waals surface area contributed by atoms with Crippen LogP contribution in [-0.2, 0) is 5.54 Å². The first-order valence-corrected chi connectivity index (χ1v) is 14.3. The highest BCUT2D eigenvalue weighted by Crippen LogP contribution is 2.47. The van der Waals surface area contributed by atoms with Gasteiger partial charge in [0.15, 0.2) is 17.2 Å². The van der Waals surface area contributed by atoms with Crippen LogP contribution in [0.2, 0.25) is 0 Å². The van der Waals surface area contributed by atoms with Crippen molar-refractivity contribution >= 4 is 34.1 Å². The van der Waals surface area contributed by atoms with E-state index in [9.17, 15) is 9.18 Å². The minimum Gasteiger partial charge on any atom is -0.467 e. The molecule has 0 spiro atoms. The molecule has 206 valence electrons. The maximum absolute atomic E-state index is 14.8. The normalized spacial score (nSPS) is 16.8. The van der Waals surface area contributed by atoms with Gasteiger partial charge < -0.3 is 14.6 Å². The molecule has 1 saturated heterocycles. The topological polar surface area (TPSA) is 119 Å². The molecule has 1 unspecified atom stereocenters. The summed E-state index contributed by atoms with van der Waals surface area (Å²) in [5, 5.41) is 5.69. The van der Waals surface area contributed by atoms with Crippen LogP contribution >= 0.6 is 11.8 Å². The fourth-order valence-electron chi connectivity index (χ4n) is 5.58. The summed E-state index contributed by atoms with van der Waals surface area (Å²) in [6.07, 6.45) is 11.0. The molecule has 0 aliphatic carbocycles. The zero-order chi connectivity index (χ0) is 28.1. The standard InChI is InChI=1S/C28H24FN9O2S/c1-40-27-31-12-17(13-32-27)19-14-30-23-21(19)24(34-16-33-23)36-11-9-28(36,15-41-2)26-35-37-10-8-20(29)22(37)25(39)38(26)18-6-4-3-5-7-18/h3-8,10,12-14,16H,9,11,15H2,1-2H3,(H,30,33,34). The van der Waals surface area contributed by atoms with Gasteiger partial charge in [-0.2, -0.15) is 16.9 Å². The molecule has 5 aromatic heterocycles. The second-order valence-corrected chi connectivity index (χ2v) is 10.6. The molecular formula is C28H24FN9O2S. The van der Waals surface area contributed by atoms with Gasteiger partial charge in [-0.15, -0.1) is 0 Å². The summed E-state index contributed by atoms with van der Waals surface area (Å²) in [4.78, 5) is 37.1. The van der Waals surface area contributed by atoms with E-state index >= 15 is 0 Å². The van der Waals surface area contributed by atoms with Gasteiger partial charge in [0.25, 0.3) is 5.56 Å². The Kier molecular flexibility index (Phi) is 5.96. The van der Waals surface area contributed by atoms with Gasteiger partial charge in [0.2, 0.25) is 0 Å². The van der Waals surface area contributed by atoms with Crippen molar-refractivity contribution in [3.05, 3.63) is 89.5 Å². The number of methoxy groups -OCH3 is 1. The van der Waals surface area contributed by atoms with Crippen molar-refractivity contribution in [2.75, 3.05) is 30.6 Å². The molecule has 1 aromatic carbocycles. The van der Waals surface area contributed by atoms with Crippen molar-refractivity contribution in [3.63, 3.8) is 0 Å². The van der Waals surface area contributed by atoms with Crippen LogP contribution in [-0.4, -0.2) is 64.8 Å². The van der Waals surface area contributed by atoms with Crippen LogP contribution in [0.5, 0.6) is 6.01 Å². The monoisotopic (exact) mass is 569 g/mol. The first-order chi connectivity index (χ1) is 20.1. The van der Waals surface area contributed by atoms with E-state index < -0.39 is 16.9 Å². The van der Waals surface area contributed by atoms with Crippen LogP contribution in [0.15, 0.2) is 72.3 Å². The lowest BCUT2D eigenvalue weighted by Gasteiger charge is -2.53. The predicted octanol–water partition coefficient (Wildman–Crippen LogP) is 3.83. The number of nitrogens with zero attached hydrogens (tertiary/aromatic N) is 8. The Morgan fingerprint density at radius 1 is 1.12 bits per heavy atom. The van der Waals surface area contributed by atoms with E-state index in [1.165, 1.54) is 34.8 Å². The highest BCUT2D eigenvalue weighted by molar-refractivity contribution is 7.98. The van der Waals surface area contributed by atoms with Gasteiger partial charge in [-0.3, -0.25) is 9.36 Å². The molecule has 13 heteroatoms. The van der Waals surface area contributed by atoms with Gasteiger partial charge in [0, 0.05) is 48.2 Å². The lowest BCUT2D eigenvalue weighted by Crippen LogP contribution is -2.62. The number of nitrogens with one attached hydrogen (secondary N) is 1. The fraction of sp³-hybridized carbons (Fsp3) is 0.214. The number of ether oxygens (including phenoxy) is 1. The Balaban J connectivity index is 1.46. The average Bonchev–Trinajstić information content (AvgIpc) is 3.60. The van der Waals surface area contributed by atoms with Crippen molar-refractivity contribution in [2.45, 2.75) is 12.0 Å². The van der Waals surface area contributed by atoms with Gasteiger partial charge in [-0.1, -0.05) is 18.2 Å². The number of hydrogen-bond acceptors (Lipinski definition) is 9. The second-order valence-electron chi connectivity index (χ2n) is 9.70. The van der Waals surface area contributed by atoms with Crippen molar-refractivity contribution in [2.24, 2.45) is 0 Å². The molecule has 0 saturated carbocycles. The lowest BCUT2D eigenvalue weighted by molar-refractivity contribution is 0.285. The number of hydrogen-bond donors (Lipinski definition) is 1. The van der Waals surface area contributed by atoms with E-state index in [0.29, 0.717) is 41.7 Å². The quantitative estimate of drug-likeness (QED) is 0.306. The highest BCUT2D eigenvalue weighted by Gasteiger charge is 2.51. The third-order valence-corrected chi connectivity index (χ3v) is 8.31. The minimum absolute atomic E-state index is 0.0976. The van der Waals surface area contributed by atoms with Gasteiger partial charge in [-0.05, 0) is 30.9 Å². The maximum atomic E-state index is 14.8. The number of anilines is 1. The molecule has 1 aliphatic heterocycles. The largest absolute Gasteiger partial charge is 0.467 e. The molecule has 7 rings (SSSR count). The van der Waals surface area contributed by atoms with Crippen LogP contribution in [0.3, 0.4) is 0 Å². The van der Waals surface area contributed by atoms with Gasteiger partial charge in [0.05, 0.1) is 18.2 Å². The first-order valence-electron chi connectivity index (χ1n) is 12.9. The van der Waals surface area contributed by atoms with Crippen molar-refractivity contribution in [1.82, 2.24) is 39.1 Å². The first kappa shape index (κ1) is 25.2.